The summed E-state index contributed by atoms with van der Waals surface area (Å²) in [6.45, 7) is 2.16. The van der Waals surface area contributed by atoms with Crippen LogP contribution in [0.1, 0.15) is 18.1 Å². The van der Waals surface area contributed by atoms with Crippen molar-refractivity contribution in [1.29, 1.82) is 0 Å². The Balaban J connectivity index is 1.45. The highest BCUT2D eigenvalue weighted by atomic mass is 16.5. The lowest BCUT2D eigenvalue weighted by atomic mass is 10.2. The maximum absolute atomic E-state index is 12.2. The van der Waals surface area contributed by atoms with Crippen molar-refractivity contribution in [2.45, 2.75) is 19.6 Å². The van der Waals surface area contributed by atoms with Gasteiger partial charge in [-0.1, -0.05) is 30.3 Å². The first-order chi connectivity index (χ1) is 14.6. The molecule has 0 aromatic heterocycles. The van der Waals surface area contributed by atoms with Crippen LogP contribution in [0.2, 0.25) is 0 Å². The molecule has 0 heterocycles. The smallest absolute Gasteiger partial charge is 0.280 e. The summed E-state index contributed by atoms with van der Waals surface area (Å²) in [5.41, 5.74) is 4.42. The molecule has 0 spiro atoms. The molecule has 0 fully saturated rings. The van der Waals surface area contributed by atoms with Crippen molar-refractivity contribution in [3.8, 4) is 17.2 Å². The third-order valence-electron chi connectivity index (χ3n) is 4.26. The average molecular weight is 404 g/mol. The van der Waals surface area contributed by atoms with Gasteiger partial charge in [-0.3, -0.25) is 4.79 Å². The van der Waals surface area contributed by atoms with E-state index in [0.29, 0.717) is 12.4 Å². The van der Waals surface area contributed by atoms with E-state index in [1.165, 1.54) is 0 Å². The van der Waals surface area contributed by atoms with Crippen LogP contribution in [-0.2, 0) is 11.4 Å². The zero-order chi connectivity index (χ0) is 21.2. The Labute approximate surface area is 176 Å². The van der Waals surface area contributed by atoms with Crippen molar-refractivity contribution in [2.75, 3.05) is 7.11 Å². The Kier molecular flexibility index (Phi) is 7.44. The largest absolute Gasteiger partial charge is 0.497 e. The Morgan fingerprint density at radius 1 is 0.933 bits per heavy atom. The number of nitrogens with one attached hydrogen (secondary N) is 1. The summed E-state index contributed by atoms with van der Waals surface area (Å²) in [6, 6.07) is 24.4. The highest BCUT2D eigenvalue weighted by molar-refractivity contribution is 5.84. The fraction of sp³-hybridized carbons (Fsp3) is 0.167. The van der Waals surface area contributed by atoms with E-state index >= 15 is 0 Å². The number of hydrogen-bond donors (Lipinski definition) is 1. The van der Waals surface area contributed by atoms with E-state index in [9.17, 15) is 4.79 Å². The van der Waals surface area contributed by atoms with Crippen LogP contribution in [0.3, 0.4) is 0 Å². The normalized spacial score (nSPS) is 11.7. The first kappa shape index (κ1) is 20.9. The maximum Gasteiger partial charge on any atom is 0.280 e. The number of amides is 1. The van der Waals surface area contributed by atoms with Gasteiger partial charge in [0.1, 0.15) is 23.9 Å². The number of rotatable bonds is 9. The van der Waals surface area contributed by atoms with Gasteiger partial charge >= 0.3 is 0 Å². The summed E-state index contributed by atoms with van der Waals surface area (Å²) in [6.07, 6.45) is 0.859. The minimum atomic E-state index is -0.700. The number of carbonyl (C=O) groups excluding carboxylic acids is 1. The first-order valence-electron chi connectivity index (χ1n) is 9.54. The summed E-state index contributed by atoms with van der Waals surface area (Å²) in [4.78, 5) is 12.2. The molecule has 3 aromatic rings. The summed E-state index contributed by atoms with van der Waals surface area (Å²) >= 11 is 0. The number of hydrazone groups is 1. The van der Waals surface area contributed by atoms with Crippen molar-refractivity contribution in [2.24, 2.45) is 5.10 Å². The Bertz CT molecular complexity index is 955. The molecular formula is C24H24N2O4. The molecule has 0 aliphatic heterocycles. The van der Waals surface area contributed by atoms with E-state index in [0.717, 1.165) is 22.6 Å². The number of hydrogen-bond acceptors (Lipinski definition) is 5. The molecule has 0 aliphatic rings. The minimum Gasteiger partial charge on any atom is -0.497 e. The number of benzene rings is 3. The average Bonchev–Trinajstić information content (AvgIpc) is 2.79. The molecule has 0 saturated carbocycles. The van der Waals surface area contributed by atoms with Crippen LogP contribution in [-0.4, -0.2) is 25.3 Å². The fourth-order valence-corrected chi connectivity index (χ4v) is 2.56. The first-order valence-corrected chi connectivity index (χ1v) is 9.54. The van der Waals surface area contributed by atoms with Gasteiger partial charge in [0.15, 0.2) is 6.10 Å². The highest BCUT2D eigenvalue weighted by Gasteiger charge is 2.13. The number of nitrogens with zero attached hydrogens (tertiary/aromatic N) is 1. The van der Waals surface area contributed by atoms with Crippen molar-refractivity contribution in [1.82, 2.24) is 5.43 Å². The van der Waals surface area contributed by atoms with Gasteiger partial charge in [0.2, 0.25) is 0 Å². The quantitative estimate of drug-likeness (QED) is 0.429. The van der Waals surface area contributed by atoms with E-state index in [4.69, 9.17) is 14.2 Å². The van der Waals surface area contributed by atoms with E-state index < -0.39 is 6.10 Å². The lowest BCUT2D eigenvalue weighted by Gasteiger charge is -2.13. The van der Waals surface area contributed by atoms with Crippen LogP contribution in [0.5, 0.6) is 17.2 Å². The molecule has 3 rings (SSSR count). The van der Waals surface area contributed by atoms with Crippen LogP contribution < -0.4 is 19.6 Å². The standard InChI is InChI=1S/C24H24N2O4/c1-18(24(27)26-25-16-19-8-10-21(28-2)11-9-19)30-23-14-12-22(13-15-23)29-17-20-6-4-3-5-7-20/h3-16,18H,17H2,1-2H3,(H,26,27)/b25-16-/t18-/m1/s1. The van der Waals surface area contributed by atoms with E-state index in [2.05, 4.69) is 10.5 Å². The van der Waals surface area contributed by atoms with Crippen molar-refractivity contribution in [3.05, 3.63) is 90.0 Å². The van der Waals surface area contributed by atoms with Crippen LogP contribution in [0.4, 0.5) is 0 Å². The molecule has 1 amide bonds. The second kappa shape index (κ2) is 10.7. The second-order valence-electron chi connectivity index (χ2n) is 6.51. The molecule has 1 atom stereocenters. The van der Waals surface area contributed by atoms with Crippen LogP contribution in [0, 0.1) is 0 Å². The molecule has 0 bridgehead atoms. The van der Waals surface area contributed by atoms with Crippen molar-refractivity contribution in [3.63, 3.8) is 0 Å². The zero-order valence-corrected chi connectivity index (χ0v) is 16.9. The number of ether oxygens (including phenoxy) is 3. The lowest BCUT2D eigenvalue weighted by Crippen LogP contribution is -2.33. The summed E-state index contributed by atoms with van der Waals surface area (Å²) in [5, 5.41) is 3.96. The van der Waals surface area contributed by atoms with E-state index in [1.807, 2.05) is 66.7 Å². The molecular weight excluding hydrogens is 380 g/mol. The minimum absolute atomic E-state index is 0.343. The number of carbonyl (C=O) groups is 1. The summed E-state index contributed by atoms with van der Waals surface area (Å²) in [5.74, 6) is 1.72. The Hall–Kier alpha value is -3.80. The van der Waals surface area contributed by atoms with Crippen molar-refractivity contribution < 1.29 is 19.0 Å². The third kappa shape index (κ3) is 6.38. The molecule has 0 radical (unpaired) electrons. The van der Waals surface area contributed by atoms with Gasteiger partial charge in [-0.15, -0.1) is 0 Å². The molecule has 0 aliphatic carbocycles. The van der Waals surface area contributed by atoms with Gasteiger partial charge in [0.05, 0.1) is 13.3 Å². The van der Waals surface area contributed by atoms with Crippen LogP contribution in [0.15, 0.2) is 84.0 Å². The molecule has 3 aromatic carbocycles. The Morgan fingerprint density at radius 3 is 2.23 bits per heavy atom. The molecule has 6 nitrogen and oxygen atoms in total. The van der Waals surface area contributed by atoms with Gasteiger partial charge in [-0.2, -0.15) is 5.10 Å². The molecule has 154 valence electrons. The van der Waals surface area contributed by atoms with Crippen molar-refractivity contribution >= 4 is 12.1 Å². The molecule has 6 heteroatoms. The monoisotopic (exact) mass is 404 g/mol. The second-order valence-corrected chi connectivity index (χ2v) is 6.51. The summed E-state index contributed by atoms with van der Waals surface area (Å²) in [7, 11) is 1.61. The summed E-state index contributed by atoms with van der Waals surface area (Å²) < 4.78 is 16.5. The van der Waals surface area contributed by atoms with Crippen LogP contribution >= 0.6 is 0 Å². The lowest BCUT2D eigenvalue weighted by molar-refractivity contribution is -0.127. The zero-order valence-electron chi connectivity index (χ0n) is 16.9. The predicted molar refractivity (Wildman–Crippen MR) is 116 cm³/mol. The predicted octanol–water partition coefficient (Wildman–Crippen LogP) is 4.19. The third-order valence-corrected chi connectivity index (χ3v) is 4.26. The van der Waals surface area contributed by atoms with Gasteiger partial charge in [-0.05, 0) is 66.6 Å². The SMILES string of the molecule is COc1ccc(/C=N\NC(=O)[C@@H](C)Oc2ccc(OCc3ccccc3)cc2)cc1. The van der Waals surface area contributed by atoms with Gasteiger partial charge < -0.3 is 14.2 Å². The van der Waals surface area contributed by atoms with E-state index in [-0.39, 0.29) is 5.91 Å². The molecule has 0 saturated heterocycles. The van der Waals surface area contributed by atoms with Crippen LogP contribution in [0.25, 0.3) is 0 Å². The fourth-order valence-electron chi connectivity index (χ4n) is 2.56. The number of methoxy groups -OCH3 is 1. The molecule has 0 unspecified atom stereocenters. The maximum atomic E-state index is 12.2. The Morgan fingerprint density at radius 2 is 1.57 bits per heavy atom. The van der Waals surface area contributed by atoms with Gasteiger partial charge in [-0.25, -0.2) is 5.43 Å². The highest BCUT2D eigenvalue weighted by Crippen LogP contribution is 2.19. The van der Waals surface area contributed by atoms with E-state index in [1.54, 1.807) is 32.4 Å². The molecule has 30 heavy (non-hydrogen) atoms. The topological polar surface area (TPSA) is 69.2 Å². The van der Waals surface area contributed by atoms with Gasteiger partial charge in [0, 0.05) is 0 Å². The van der Waals surface area contributed by atoms with Gasteiger partial charge in [0.25, 0.3) is 5.91 Å². The molecule has 1 N–H and O–H groups in total.